The highest BCUT2D eigenvalue weighted by atomic mass is 16.6. The quantitative estimate of drug-likeness (QED) is 0.391. The van der Waals surface area contributed by atoms with Crippen LogP contribution in [0.15, 0.2) is 5.16 Å². The Hall–Kier alpha value is -1.04. The van der Waals surface area contributed by atoms with Crippen LogP contribution < -0.4 is 0 Å². The van der Waals surface area contributed by atoms with Crippen molar-refractivity contribution in [1.29, 1.82) is 5.26 Å². The molecule has 0 aromatic heterocycles. The summed E-state index contributed by atoms with van der Waals surface area (Å²) in [5.41, 5.74) is 0. The van der Waals surface area contributed by atoms with E-state index in [4.69, 9.17) is 5.26 Å². The van der Waals surface area contributed by atoms with Crippen molar-refractivity contribution in [2.24, 2.45) is 11.1 Å². The van der Waals surface area contributed by atoms with Crippen LogP contribution in [0.25, 0.3) is 0 Å². The summed E-state index contributed by atoms with van der Waals surface area (Å²) in [5.74, 6) is -0.157. The first-order valence-corrected chi connectivity index (χ1v) is 2.27. The Morgan fingerprint density at radius 1 is 1.88 bits per heavy atom. The van der Waals surface area contributed by atoms with E-state index in [0.717, 1.165) is 0 Å². The number of nitrogens with zero attached hydrogens (tertiary/aromatic N) is 2. The Bertz CT molecular complexity index is 114. The fraction of sp³-hybridized carbons (Fsp3) is 0.600. The van der Waals surface area contributed by atoms with Gasteiger partial charge in [-0.2, -0.15) is 5.26 Å². The number of rotatable bonds is 2. The number of hydrogen-bond donors (Lipinski definition) is 0. The van der Waals surface area contributed by atoms with E-state index in [1.165, 1.54) is 13.3 Å². The zero-order valence-electron chi connectivity index (χ0n) is 4.96. The smallest absolute Gasteiger partial charge is 0.106 e. The summed E-state index contributed by atoms with van der Waals surface area (Å²) >= 11 is 0. The maximum absolute atomic E-state index is 8.16. The highest BCUT2D eigenvalue weighted by Crippen LogP contribution is 1.84. The van der Waals surface area contributed by atoms with E-state index in [2.05, 4.69) is 9.99 Å². The zero-order valence-corrected chi connectivity index (χ0v) is 4.96. The van der Waals surface area contributed by atoms with Gasteiger partial charge >= 0.3 is 0 Å². The second-order valence-corrected chi connectivity index (χ2v) is 1.35. The topological polar surface area (TPSA) is 45.4 Å². The third kappa shape index (κ3) is 3.16. The largest absolute Gasteiger partial charge is 0.399 e. The van der Waals surface area contributed by atoms with Crippen LogP contribution in [0.3, 0.4) is 0 Å². The Morgan fingerprint density at radius 2 is 2.50 bits per heavy atom. The molecule has 0 aliphatic carbocycles. The molecule has 0 fully saturated rings. The molecule has 44 valence electrons. The molecule has 1 unspecified atom stereocenters. The average molecular weight is 112 g/mol. The molecule has 0 aliphatic heterocycles. The molecule has 3 nitrogen and oxygen atoms in total. The standard InChI is InChI=1S/C5H8N2O/c1-5(3-6)4-7-8-2/h4-5H,1-2H3. The molecular formula is C5H8N2O. The van der Waals surface area contributed by atoms with E-state index >= 15 is 0 Å². The highest BCUT2D eigenvalue weighted by molar-refractivity contribution is 5.62. The minimum absolute atomic E-state index is 0.157. The summed E-state index contributed by atoms with van der Waals surface area (Å²) in [7, 11) is 1.45. The molecule has 0 aromatic rings. The fourth-order valence-electron chi connectivity index (χ4n) is 0.185. The lowest BCUT2D eigenvalue weighted by Gasteiger charge is -1.86. The molecule has 0 rings (SSSR count). The molecule has 0 N–H and O–H groups in total. The average Bonchev–Trinajstić information content (AvgIpc) is 1.83. The van der Waals surface area contributed by atoms with Gasteiger partial charge in [0, 0.05) is 0 Å². The molecule has 0 amide bonds. The van der Waals surface area contributed by atoms with E-state index in [0.29, 0.717) is 0 Å². The number of oxime groups is 1. The Morgan fingerprint density at radius 3 is 2.88 bits per heavy atom. The molecule has 0 spiro atoms. The lowest BCUT2D eigenvalue weighted by Crippen LogP contribution is -1.89. The van der Waals surface area contributed by atoms with Crippen LogP contribution in [0, 0.1) is 17.2 Å². The third-order valence-electron chi connectivity index (χ3n) is 0.594. The molecule has 1 atom stereocenters. The second kappa shape index (κ2) is 4.13. The van der Waals surface area contributed by atoms with Crippen molar-refractivity contribution < 1.29 is 4.84 Å². The van der Waals surface area contributed by atoms with Gasteiger partial charge < -0.3 is 4.84 Å². The maximum Gasteiger partial charge on any atom is 0.106 e. The minimum Gasteiger partial charge on any atom is -0.399 e. The van der Waals surface area contributed by atoms with Crippen molar-refractivity contribution in [3.8, 4) is 6.07 Å². The molecule has 0 saturated carbocycles. The van der Waals surface area contributed by atoms with Gasteiger partial charge in [-0.3, -0.25) is 0 Å². The Kier molecular flexibility index (Phi) is 3.59. The summed E-state index contributed by atoms with van der Waals surface area (Å²) < 4.78 is 0. The van der Waals surface area contributed by atoms with Crippen molar-refractivity contribution in [2.45, 2.75) is 6.92 Å². The molecule has 0 radical (unpaired) electrons. The van der Waals surface area contributed by atoms with Crippen LogP contribution in [-0.2, 0) is 4.84 Å². The monoisotopic (exact) mass is 112 g/mol. The fourth-order valence-corrected chi connectivity index (χ4v) is 0.185. The van der Waals surface area contributed by atoms with Gasteiger partial charge in [-0.15, -0.1) is 0 Å². The predicted octanol–water partition coefficient (Wildman–Crippen LogP) is 0.778. The van der Waals surface area contributed by atoms with Gasteiger partial charge in [0.05, 0.1) is 18.2 Å². The Labute approximate surface area is 48.6 Å². The van der Waals surface area contributed by atoms with Crippen molar-refractivity contribution in [2.75, 3.05) is 7.11 Å². The van der Waals surface area contributed by atoms with Gasteiger partial charge in [0.1, 0.15) is 7.11 Å². The van der Waals surface area contributed by atoms with E-state index in [9.17, 15) is 0 Å². The lowest BCUT2D eigenvalue weighted by atomic mass is 10.2. The molecular weight excluding hydrogens is 104 g/mol. The van der Waals surface area contributed by atoms with Crippen molar-refractivity contribution in [3.63, 3.8) is 0 Å². The first-order valence-electron chi connectivity index (χ1n) is 2.27. The third-order valence-corrected chi connectivity index (χ3v) is 0.594. The van der Waals surface area contributed by atoms with Gasteiger partial charge in [0.15, 0.2) is 0 Å². The molecule has 0 saturated heterocycles. The van der Waals surface area contributed by atoms with Crippen molar-refractivity contribution in [3.05, 3.63) is 0 Å². The maximum atomic E-state index is 8.16. The second-order valence-electron chi connectivity index (χ2n) is 1.35. The molecule has 0 heterocycles. The van der Waals surface area contributed by atoms with Gasteiger partial charge in [0.2, 0.25) is 0 Å². The highest BCUT2D eigenvalue weighted by Gasteiger charge is 1.89. The first-order chi connectivity index (χ1) is 3.81. The summed E-state index contributed by atoms with van der Waals surface area (Å²) in [5, 5.41) is 11.6. The summed E-state index contributed by atoms with van der Waals surface area (Å²) in [6.07, 6.45) is 1.44. The summed E-state index contributed by atoms with van der Waals surface area (Å²) in [4.78, 5) is 4.33. The number of hydrogen-bond acceptors (Lipinski definition) is 3. The SMILES string of the molecule is CON=CC(C)C#N. The minimum atomic E-state index is -0.157. The molecule has 8 heavy (non-hydrogen) atoms. The zero-order chi connectivity index (χ0) is 6.41. The van der Waals surface area contributed by atoms with Crippen LogP contribution >= 0.6 is 0 Å². The molecule has 0 aliphatic rings. The van der Waals surface area contributed by atoms with Gasteiger partial charge in [-0.1, -0.05) is 5.16 Å². The van der Waals surface area contributed by atoms with Crippen LogP contribution in [0.5, 0.6) is 0 Å². The Balaban J connectivity index is 3.40. The van der Waals surface area contributed by atoms with Crippen LogP contribution in [0.4, 0.5) is 0 Å². The normalized spacial score (nSPS) is 13.1. The van der Waals surface area contributed by atoms with Crippen LogP contribution in [0.2, 0.25) is 0 Å². The van der Waals surface area contributed by atoms with Gasteiger partial charge in [-0.25, -0.2) is 0 Å². The predicted molar refractivity (Wildman–Crippen MR) is 30.3 cm³/mol. The van der Waals surface area contributed by atoms with E-state index in [1.807, 2.05) is 6.07 Å². The van der Waals surface area contributed by atoms with Crippen LogP contribution in [0.1, 0.15) is 6.92 Å². The van der Waals surface area contributed by atoms with Crippen molar-refractivity contribution >= 4 is 6.21 Å². The van der Waals surface area contributed by atoms with Crippen molar-refractivity contribution in [1.82, 2.24) is 0 Å². The van der Waals surface area contributed by atoms with E-state index < -0.39 is 0 Å². The molecule has 0 aromatic carbocycles. The van der Waals surface area contributed by atoms with E-state index in [-0.39, 0.29) is 5.92 Å². The van der Waals surface area contributed by atoms with Gasteiger partial charge in [0.25, 0.3) is 0 Å². The number of nitriles is 1. The first kappa shape index (κ1) is 6.96. The van der Waals surface area contributed by atoms with Crippen LogP contribution in [-0.4, -0.2) is 13.3 Å². The summed E-state index contributed by atoms with van der Waals surface area (Å²) in [6, 6.07) is 1.97. The van der Waals surface area contributed by atoms with Gasteiger partial charge in [-0.05, 0) is 6.92 Å². The summed E-state index contributed by atoms with van der Waals surface area (Å²) in [6.45, 7) is 1.74. The molecule has 0 bridgehead atoms. The molecule has 3 heteroatoms. The lowest BCUT2D eigenvalue weighted by molar-refractivity contribution is 0.214. The van der Waals surface area contributed by atoms with E-state index in [1.54, 1.807) is 6.92 Å².